The first-order chi connectivity index (χ1) is 9.81. The van der Waals surface area contributed by atoms with Crippen molar-refractivity contribution in [2.75, 3.05) is 19.8 Å². The van der Waals surface area contributed by atoms with Gasteiger partial charge in [-0.3, -0.25) is 0 Å². The quantitative estimate of drug-likeness (QED) is 0.919. The molecule has 2 aliphatic heterocycles. The lowest BCUT2D eigenvalue weighted by Gasteiger charge is -2.28. The summed E-state index contributed by atoms with van der Waals surface area (Å²) in [4.78, 5) is 0. The summed E-state index contributed by atoms with van der Waals surface area (Å²) < 4.78 is 11.4. The predicted molar refractivity (Wildman–Crippen MR) is 80.6 cm³/mol. The van der Waals surface area contributed by atoms with E-state index in [1.54, 1.807) is 0 Å². The highest BCUT2D eigenvalue weighted by molar-refractivity contribution is 5.43. The van der Waals surface area contributed by atoms with E-state index in [2.05, 4.69) is 30.4 Å². The van der Waals surface area contributed by atoms with Gasteiger partial charge in [0.2, 0.25) is 0 Å². The topological polar surface area (TPSA) is 30.5 Å². The zero-order valence-electron chi connectivity index (χ0n) is 12.4. The summed E-state index contributed by atoms with van der Waals surface area (Å²) >= 11 is 0. The van der Waals surface area contributed by atoms with Crippen molar-refractivity contribution in [2.24, 2.45) is 5.92 Å². The van der Waals surface area contributed by atoms with Crippen molar-refractivity contribution in [1.29, 1.82) is 0 Å². The van der Waals surface area contributed by atoms with E-state index in [0.717, 1.165) is 43.5 Å². The molecule has 0 aromatic heterocycles. The van der Waals surface area contributed by atoms with Gasteiger partial charge >= 0.3 is 0 Å². The molecule has 0 bridgehead atoms. The van der Waals surface area contributed by atoms with Crippen LogP contribution in [0.15, 0.2) is 18.2 Å². The van der Waals surface area contributed by atoms with E-state index in [0.29, 0.717) is 6.04 Å². The van der Waals surface area contributed by atoms with Gasteiger partial charge in [-0.2, -0.15) is 0 Å². The Kier molecular flexibility index (Phi) is 4.46. The summed E-state index contributed by atoms with van der Waals surface area (Å²) in [5.41, 5.74) is 1.36. The monoisotopic (exact) mass is 275 g/mol. The van der Waals surface area contributed by atoms with Gasteiger partial charge in [-0.25, -0.2) is 0 Å². The van der Waals surface area contributed by atoms with Crippen molar-refractivity contribution >= 4 is 0 Å². The fourth-order valence-corrected chi connectivity index (χ4v) is 3.14. The van der Waals surface area contributed by atoms with E-state index in [-0.39, 0.29) is 0 Å². The van der Waals surface area contributed by atoms with Crippen LogP contribution >= 0.6 is 0 Å². The van der Waals surface area contributed by atoms with Crippen molar-refractivity contribution in [3.05, 3.63) is 23.8 Å². The lowest BCUT2D eigenvalue weighted by Crippen LogP contribution is -2.37. The second-order valence-electron chi connectivity index (χ2n) is 6.15. The number of piperidine rings is 1. The molecule has 2 atom stereocenters. The summed E-state index contributed by atoms with van der Waals surface area (Å²) in [7, 11) is 0. The Balaban J connectivity index is 1.59. The van der Waals surface area contributed by atoms with Gasteiger partial charge in [0.1, 0.15) is 0 Å². The van der Waals surface area contributed by atoms with Crippen molar-refractivity contribution in [3.63, 3.8) is 0 Å². The standard InChI is InChI=1S/C17H25NO2/c1-13-7-8-18-15(11-13)5-3-14-4-6-16-17(12-14)20-10-2-9-19-16/h4,6,12-13,15,18H,2-3,5,7-11H2,1H3. The van der Waals surface area contributed by atoms with E-state index in [1.807, 2.05) is 0 Å². The maximum atomic E-state index is 5.76. The SMILES string of the molecule is CC1CCNC(CCc2ccc3c(c2)OCCCO3)C1. The van der Waals surface area contributed by atoms with Crippen LogP contribution in [0.1, 0.15) is 38.2 Å². The highest BCUT2D eigenvalue weighted by atomic mass is 16.5. The molecule has 1 saturated heterocycles. The molecule has 1 aromatic carbocycles. The zero-order chi connectivity index (χ0) is 13.8. The summed E-state index contributed by atoms with van der Waals surface area (Å²) in [6, 6.07) is 7.08. The Hall–Kier alpha value is -1.22. The predicted octanol–water partition coefficient (Wildman–Crippen LogP) is 3.17. The second-order valence-corrected chi connectivity index (χ2v) is 6.15. The van der Waals surface area contributed by atoms with Crippen molar-refractivity contribution < 1.29 is 9.47 Å². The van der Waals surface area contributed by atoms with Gasteiger partial charge in [-0.05, 0) is 55.8 Å². The van der Waals surface area contributed by atoms with Crippen LogP contribution in [0.2, 0.25) is 0 Å². The molecular formula is C17H25NO2. The lowest BCUT2D eigenvalue weighted by molar-refractivity contribution is 0.296. The third-order valence-electron chi connectivity index (χ3n) is 4.35. The highest BCUT2D eigenvalue weighted by Gasteiger charge is 2.18. The number of rotatable bonds is 3. The molecule has 2 heterocycles. The largest absolute Gasteiger partial charge is 0.490 e. The molecule has 0 aliphatic carbocycles. The molecule has 0 saturated carbocycles. The summed E-state index contributed by atoms with van der Waals surface area (Å²) in [5, 5.41) is 3.64. The first kappa shape index (κ1) is 13.7. The van der Waals surface area contributed by atoms with E-state index in [4.69, 9.17) is 9.47 Å². The molecule has 3 nitrogen and oxygen atoms in total. The van der Waals surface area contributed by atoms with Gasteiger partial charge in [0.05, 0.1) is 13.2 Å². The molecule has 0 amide bonds. The molecule has 110 valence electrons. The summed E-state index contributed by atoms with van der Waals surface area (Å²) in [6.45, 7) is 5.06. The van der Waals surface area contributed by atoms with Gasteiger partial charge in [-0.15, -0.1) is 0 Å². The average Bonchev–Trinajstić information content (AvgIpc) is 2.70. The fraction of sp³-hybridized carbons (Fsp3) is 0.647. The Morgan fingerprint density at radius 2 is 2.05 bits per heavy atom. The van der Waals surface area contributed by atoms with Crippen LogP contribution in [0.4, 0.5) is 0 Å². The zero-order valence-corrected chi connectivity index (χ0v) is 12.4. The number of hydrogen-bond donors (Lipinski definition) is 1. The molecule has 1 N–H and O–H groups in total. The third-order valence-corrected chi connectivity index (χ3v) is 4.35. The first-order valence-electron chi connectivity index (χ1n) is 7.93. The van der Waals surface area contributed by atoms with Crippen molar-refractivity contribution in [1.82, 2.24) is 5.32 Å². The number of ether oxygens (including phenoxy) is 2. The lowest BCUT2D eigenvalue weighted by atomic mass is 9.91. The Bertz CT molecular complexity index is 447. The van der Waals surface area contributed by atoms with Gasteiger partial charge in [0, 0.05) is 12.5 Å². The van der Waals surface area contributed by atoms with Crippen LogP contribution in [0.5, 0.6) is 11.5 Å². The Labute approximate surface area is 121 Å². The van der Waals surface area contributed by atoms with Crippen molar-refractivity contribution in [2.45, 2.75) is 45.1 Å². The second kappa shape index (κ2) is 6.49. The van der Waals surface area contributed by atoms with Gasteiger partial charge in [-0.1, -0.05) is 13.0 Å². The number of hydrogen-bond acceptors (Lipinski definition) is 3. The number of aryl methyl sites for hydroxylation is 1. The molecule has 2 unspecified atom stereocenters. The minimum absolute atomic E-state index is 0.676. The van der Waals surface area contributed by atoms with E-state index in [9.17, 15) is 0 Å². The van der Waals surface area contributed by atoms with E-state index < -0.39 is 0 Å². The molecule has 20 heavy (non-hydrogen) atoms. The molecular weight excluding hydrogens is 250 g/mol. The molecule has 3 rings (SSSR count). The summed E-state index contributed by atoms with van der Waals surface area (Å²) in [5.74, 6) is 2.69. The normalized spacial score (nSPS) is 26.1. The molecule has 2 aliphatic rings. The van der Waals surface area contributed by atoms with Crippen LogP contribution in [0, 0.1) is 5.92 Å². The van der Waals surface area contributed by atoms with E-state index in [1.165, 1.54) is 31.4 Å². The van der Waals surface area contributed by atoms with Gasteiger partial charge < -0.3 is 14.8 Å². The smallest absolute Gasteiger partial charge is 0.161 e. The van der Waals surface area contributed by atoms with Crippen LogP contribution in [-0.4, -0.2) is 25.8 Å². The first-order valence-corrected chi connectivity index (χ1v) is 7.93. The molecule has 0 spiro atoms. The maximum Gasteiger partial charge on any atom is 0.161 e. The van der Waals surface area contributed by atoms with Gasteiger partial charge in [0.15, 0.2) is 11.5 Å². The van der Waals surface area contributed by atoms with E-state index >= 15 is 0 Å². The van der Waals surface area contributed by atoms with Crippen LogP contribution in [0.3, 0.4) is 0 Å². The summed E-state index contributed by atoms with van der Waals surface area (Å²) in [6.07, 6.45) is 5.92. The molecule has 0 radical (unpaired) electrons. The number of fused-ring (bicyclic) bond motifs is 1. The minimum atomic E-state index is 0.676. The number of nitrogens with one attached hydrogen (secondary N) is 1. The van der Waals surface area contributed by atoms with Crippen LogP contribution in [0.25, 0.3) is 0 Å². The molecule has 3 heteroatoms. The third kappa shape index (κ3) is 3.45. The maximum absolute atomic E-state index is 5.76. The minimum Gasteiger partial charge on any atom is -0.490 e. The average molecular weight is 275 g/mol. The fourth-order valence-electron chi connectivity index (χ4n) is 3.14. The van der Waals surface area contributed by atoms with Crippen LogP contribution in [-0.2, 0) is 6.42 Å². The number of benzene rings is 1. The van der Waals surface area contributed by atoms with Gasteiger partial charge in [0.25, 0.3) is 0 Å². The Morgan fingerprint density at radius 3 is 2.90 bits per heavy atom. The molecule has 1 fully saturated rings. The molecule has 1 aromatic rings. The Morgan fingerprint density at radius 1 is 1.20 bits per heavy atom. The van der Waals surface area contributed by atoms with Crippen LogP contribution < -0.4 is 14.8 Å². The highest BCUT2D eigenvalue weighted by Crippen LogP contribution is 2.31. The van der Waals surface area contributed by atoms with Crippen molar-refractivity contribution in [3.8, 4) is 11.5 Å².